The van der Waals surface area contributed by atoms with Crippen molar-refractivity contribution in [3.63, 3.8) is 0 Å². The molecule has 3 aromatic rings. The third kappa shape index (κ3) is 4.55. The quantitative estimate of drug-likeness (QED) is 0.627. The van der Waals surface area contributed by atoms with Gasteiger partial charge >= 0.3 is 0 Å². The summed E-state index contributed by atoms with van der Waals surface area (Å²) < 4.78 is 1.36. The number of nitrogens with zero attached hydrogens (tertiary/aromatic N) is 3. The number of hydrogen-bond acceptors (Lipinski definition) is 4. The van der Waals surface area contributed by atoms with E-state index < -0.39 is 0 Å². The van der Waals surface area contributed by atoms with Crippen LogP contribution in [0.1, 0.15) is 29.5 Å². The SMILES string of the molecule is Cc1ccc(-n2nc(N3CCC[C@H](C(=O)Nc4cccc(C)c4C)C3)ccc2=O)cc1Cl. The highest BCUT2D eigenvalue weighted by molar-refractivity contribution is 6.31. The lowest BCUT2D eigenvalue weighted by atomic mass is 9.96. The van der Waals surface area contributed by atoms with Crippen molar-refractivity contribution in [1.29, 1.82) is 0 Å². The van der Waals surface area contributed by atoms with E-state index in [0.717, 1.165) is 41.8 Å². The molecule has 0 unspecified atom stereocenters. The monoisotopic (exact) mass is 450 g/mol. The predicted octanol–water partition coefficient (Wildman–Crippen LogP) is 4.67. The van der Waals surface area contributed by atoms with Crippen LogP contribution in [0.2, 0.25) is 5.02 Å². The van der Waals surface area contributed by atoms with E-state index >= 15 is 0 Å². The molecular weight excluding hydrogens is 424 g/mol. The average Bonchev–Trinajstić information content (AvgIpc) is 2.79. The van der Waals surface area contributed by atoms with Gasteiger partial charge in [-0.15, -0.1) is 5.10 Å². The normalized spacial score (nSPS) is 16.1. The number of amides is 1. The third-order valence-electron chi connectivity index (χ3n) is 6.16. The lowest BCUT2D eigenvalue weighted by Gasteiger charge is -2.33. The second kappa shape index (κ2) is 9.17. The molecule has 0 aliphatic carbocycles. The van der Waals surface area contributed by atoms with E-state index in [2.05, 4.69) is 15.3 Å². The Hall–Kier alpha value is -3.12. The van der Waals surface area contributed by atoms with Crippen molar-refractivity contribution < 1.29 is 4.79 Å². The van der Waals surface area contributed by atoms with E-state index in [9.17, 15) is 9.59 Å². The molecule has 1 N–H and O–H groups in total. The summed E-state index contributed by atoms with van der Waals surface area (Å²) in [5.74, 6) is 0.534. The molecule has 32 heavy (non-hydrogen) atoms. The van der Waals surface area contributed by atoms with E-state index in [1.807, 2.05) is 51.1 Å². The van der Waals surface area contributed by atoms with Crippen LogP contribution >= 0.6 is 11.6 Å². The smallest absolute Gasteiger partial charge is 0.271 e. The Morgan fingerprint density at radius 1 is 1.09 bits per heavy atom. The highest BCUT2D eigenvalue weighted by Gasteiger charge is 2.27. The van der Waals surface area contributed by atoms with Gasteiger partial charge in [0.1, 0.15) is 5.82 Å². The Morgan fingerprint density at radius 3 is 2.69 bits per heavy atom. The number of hydrogen-bond donors (Lipinski definition) is 1. The van der Waals surface area contributed by atoms with Crippen molar-refractivity contribution in [1.82, 2.24) is 9.78 Å². The minimum absolute atomic E-state index is 0.0158. The zero-order valence-electron chi connectivity index (χ0n) is 18.6. The molecule has 2 heterocycles. The van der Waals surface area contributed by atoms with Gasteiger partial charge in [0, 0.05) is 29.9 Å². The van der Waals surface area contributed by atoms with Crippen molar-refractivity contribution in [3.05, 3.63) is 80.6 Å². The summed E-state index contributed by atoms with van der Waals surface area (Å²) in [6.45, 7) is 7.30. The van der Waals surface area contributed by atoms with Gasteiger partial charge in [0.25, 0.3) is 5.56 Å². The zero-order valence-corrected chi connectivity index (χ0v) is 19.3. The molecule has 2 aromatic carbocycles. The molecule has 0 spiro atoms. The number of carbonyl (C=O) groups excluding carboxylic acids is 1. The van der Waals surface area contributed by atoms with Crippen molar-refractivity contribution in [3.8, 4) is 5.69 Å². The lowest BCUT2D eigenvalue weighted by Crippen LogP contribution is -2.42. The second-order valence-corrected chi connectivity index (χ2v) is 8.80. The van der Waals surface area contributed by atoms with Crippen LogP contribution in [0, 0.1) is 26.7 Å². The van der Waals surface area contributed by atoms with Gasteiger partial charge in [0.15, 0.2) is 0 Å². The number of aromatic nitrogens is 2. The molecule has 6 nitrogen and oxygen atoms in total. The largest absolute Gasteiger partial charge is 0.354 e. The molecule has 0 saturated carbocycles. The molecular formula is C25H27ClN4O2. The van der Waals surface area contributed by atoms with Crippen LogP contribution in [0.5, 0.6) is 0 Å². The fourth-order valence-electron chi connectivity index (χ4n) is 3.99. The van der Waals surface area contributed by atoms with E-state index in [4.69, 9.17) is 11.6 Å². The fourth-order valence-corrected chi connectivity index (χ4v) is 4.16. The molecule has 166 valence electrons. The van der Waals surface area contributed by atoms with Gasteiger partial charge in [-0.2, -0.15) is 4.68 Å². The van der Waals surface area contributed by atoms with Crippen LogP contribution in [0.25, 0.3) is 5.69 Å². The molecule has 0 bridgehead atoms. The second-order valence-electron chi connectivity index (χ2n) is 8.40. The molecule has 0 radical (unpaired) electrons. The Morgan fingerprint density at radius 2 is 1.91 bits per heavy atom. The van der Waals surface area contributed by atoms with Crippen LogP contribution < -0.4 is 15.8 Å². The van der Waals surface area contributed by atoms with Crippen LogP contribution in [0.4, 0.5) is 11.5 Å². The summed E-state index contributed by atoms with van der Waals surface area (Å²) in [7, 11) is 0. The summed E-state index contributed by atoms with van der Waals surface area (Å²) in [4.78, 5) is 27.5. The summed E-state index contributed by atoms with van der Waals surface area (Å²) in [5, 5.41) is 8.26. The molecule has 1 fully saturated rings. The van der Waals surface area contributed by atoms with Crippen LogP contribution in [0.15, 0.2) is 53.3 Å². The third-order valence-corrected chi connectivity index (χ3v) is 6.57. The van der Waals surface area contributed by atoms with Gasteiger partial charge in [-0.3, -0.25) is 9.59 Å². The topological polar surface area (TPSA) is 67.2 Å². The number of rotatable bonds is 4. The molecule has 7 heteroatoms. The Balaban J connectivity index is 1.54. The summed E-state index contributed by atoms with van der Waals surface area (Å²) in [6, 6.07) is 14.6. The number of nitrogens with one attached hydrogen (secondary N) is 1. The van der Waals surface area contributed by atoms with Gasteiger partial charge in [0.2, 0.25) is 5.91 Å². The number of aryl methyl sites for hydroxylation is 2. The molecule has 1 aliphatic heterocycles. The zero-order chi connectivity index (χ0) is 22.8. The molecule has 1 amide bonds. The highest BCUT2D eigenvalue weighted by Crippen LogP contribution is 2.25. The molecule has 1 saturated heterocycles. The van der Waals surface area contributed by atoms with Gasteiger partial charge in [-0.25, -0.2) is 0 Å². The Bertz CT molecular complexity index is 1220. The van der Waals surface area contributed by atoms with Crippen LogP contribution in [-0.2, 0) is 4.79 Å². The maximum Gasteiger partial charge on any atom is 0.271 e. The Kier molecular flexibility index (Phi) is 6.33. The molecule has 1 atom stereocenters. The van der Waals surface area contributed by atoms with E-state index in [1.165, 1.54) is 10.7 Å². The first-order valence-electron chi connectivity index (χ1n) is 10.8. The number of halogens is 1. The maximum atomic E-state index is 13.0. The van der Waals surface area contributed by atoms with Crippen molar-refractivity contribution in [2.45, 2.75) is 33.6 Å². The van der Waals surface area contributed by atoms with E-state index in [1.54, 1.807) is 12.1 Å². The summed E-state index contributed by atoms with van der Waals surface area (Å²) in [5.41, 5.74) is 4.42. The van der Waals surface area contributed by atoms with Gasteiger partial charge < -0.3 is 10.2 Å². The van der Waals surface area contributed by atoms with Gasteiger partial charge in [0.05, 0.1) is 11.6 Å². The molecule has 4 rings (SSSR count). The van der Waals surface area contributed by atoms with Crippen molar-refractivity contribution in [2.75, 3.05) is 23.3 Å². The summed E-state index contributed by atoms with van der Waals surface area (Å²) >= 11 is 6.25. The maximum absolute atomic E-state index is 13.0. The first kappa shape index (κ1) is 22.1. The fraction of sp³-hybridized carbons (Fsp3) is 0.320. The van der Waals surface area contributed by atoms with E-state index in [0.29, 0.717) is 23.1 Å². The van der Waals surface area contributed by atoms with Gasteiger partial charge in [-0.1, -0.05) is 29.8 Å². The van der Waals surface area contributed by atoms with Crippen molar-refractivity contribution >= 4 is 29.0 Å². The molecule has 1 aliphatic rings. The summed E-state index contributed by atoms with van der Waals surface area (Å²) in [6.07, 6.45) is 1.70. The minimum atomic E-state index is -0.227. The van der Waals surface area contributed by atoms with E-state index in [-0.39, 0.29) is 17.4 Å². The van der Waals surface area contributed by atoms with Crippen LogP contribution in [0.3, 0.4) is 0 Å². The Labute approximate surface area is 192 Å². The highest BCUT2D eigenvalue weighted by atomic mass is 35.5. The number of carbonyl (C=O) groups is 1. The number of piperidine rings is 1. The van der Waals surface area contributed by atoms with Crippen molar-refractivity contribution in [2.24, 2.45) is 5.92 Å². The standard InChI is InChI=1S/C25H27ClN4O2/c1-16-6-4-8-22(18(16)3)27-25(32)19-7-5-13-29(15-19)23-11-12-24(31)30(28-23)20-10-9-17(2)21(26)14-20/h4,6,8-12,14,19H,5,7,13,15H2,1-3H3,(H,27,32)/t19-/m0/s1. The number of anilines is 2. The van der Waals surface area contributed by atoms with Crippen LogP contribution in [-0.4, -0.2) is 28.8 Å². The first-order valence-corrected chi connectivity index (χ1v) is 11.2. The average molecular weight is 451 g/mol. The lowest BCUT2D eigenvalue weighted by molar-refractivity contribution is -0.120. The minimum Gasteiger partial charge on any atom is -0.354 e. The van der Waals surface area contributed by atoms with Gasteiger partial charge in [-0.05, 0) is 74.6 Å². The predicted molar refractivity (Wildman–Crippen MR) is 129 cm³/mol. The first-order chi connectivity index (χ1) is 15.3. The molecule has 1 aromatic heterocycles. The number of benzene rings is 2.